The van der Waals surface area contributed by atoms with Gasteiger partial charge in [0.05, 0.1) is 0 Å². The summed E-state index contributed by atoms with van der Waals surface area (Å²) in [6.45, 7) is 7.09. The highest BCUT2D eigenvalue weighted by Gasteiger charge is 2.43. The summed E-state index contributed by atoms with van der Waals surface area (Å²) < 4.78 is 0. The Labute approximate surface area is 88.8 Å². The van der Waals surface area contributed by atoms with Crippen molar-refractivity contribution in [3.63, 3.8) is 0 Å². The molecule has 0 nitrogen and oxygen atoms in total. The minimum atomic E-state index is 0.934. The van der Waals surface area contributed by atoms with Gasteiger partial charge >= 0.3 is 0 Å². The summed E-state index contributed by atoms with van der Waals surface area (Å²) in [5.74, 6) is 4.98. The fraction of sp³-hybridized carbons (Fsp3) is 0.857. The molecule has 2 fully saturated rings. The van der Waals surface area contributed by atoms with E-state index in [0.29, 0.717) is 0 Å². The van der Waals surface area contributed by atoms with E-state index < -0.39 is 0 Å². The summed E-state index contributed by atoms with van der Waals surface area (Å²) in [5, 5.41) is 0. The molecule has 0 heteroatoms. The molecule has 14 heavy (non-hydrogen) atoms. The van der Waals surface area contributed by atoms with Gasteiger partial charge in [0.1, 0.15) is 0 Å². The smallest absolute Gasteiger partial charge is 0.0174 e. The fourth-order valence-corrected chi connectivity index (χ4v) is 2.82. The van der Waals surface area contributed by atoms with Crippen molar-refractivity contribution in [2.24, 2.45) is 29.6 Å². The minimum absolute atomic E-state index is 0.934. The molecular weight excluding hydrogens is 168 g/mol. The van der Waals surface area contributed by atoms with E-state index in [-0.39, 0.29) is 0 Å². The van der Waals surface area contributed by atoms with E-state index in [0.717, 1.165) is 29.6 Å². The molecule has 2 saturated carbocycles. The second-order valence-electron chi connectivity index (χ2n) is 5.53. The van der Waals surface area contributed by atoms with Gasteiger partial charge in [-0.05, 0) is 48.9 Å². The molecular formula is C14H24. The number of rotatable bonds is 5. The van der Waals surface area contributed by atoms with Crippen LogP contribution in [0.2, 0.25) is 0 Å². The van der Waals surface area contributed by atoms with Crippen molar-refractivity contribution in [1.29, 1.82) is 0 Å². The van der Waals surface area contributed by atoms with E-state index in [1.807, 2.05) is 0 Å². The van der Waals surface area contributed by atoms with Crippen LogP contribution in [0.4, 0.5) is 0 Å². The van der Waals surface area contributed by atoms with Crippen LogP contribution < -0.4 is 0 Å². The highest BCUT2D eigenvalue weighted by Crippen LogP contribution is 2.50. The maximum atomic E-state index is 2.51. The highest BCUT2D eigenvalue weighted by molar-refractivity contribution is 5.07. The second-order valence-corrected chi connectivity index (χ2v) is 5.53. The van der Waals surface area contributed by atoms with Crippen molar-refractivity contribution in [2.45, 2.75) is 46.5 Å². The van der Waals surface area contributed by atoms with Crippen molar-refractivity contribution in [3.05, 3.63) is 12.2 Å². The van der Waals surface area contributed by atoms with Gasteiger partial charge in [0, 0.05) is 0 Å². The van der Waals surface area contributed by atoms with Gasteiger partial charge in [0.15, 0.2) is 0 Å². The molecule has 0 spiro atoms. The van der Waals surface area contributed by atoms with Gasteiger partial charge in [0.2, 0.25) is 0 Å². The summed E-state index contributed by atoms with van der Waals surface area (Å²) in [5.41, 5.74) is 0. The van der Waals surface area contributed by atoms with Crippen LogP contribution in [0.15, 0.2) is 12.2 Å². The third-order valence-electron chi connectivity index (χ3n) is 4.33. The van der Waals surface area contributed by atoms with Gasteiger partial charge in [-0.15, -0.1) is 0 Å². The van der Waals surface area contributed by atoms with Crippen LogP contribution >= 0.6 is 0 Å². The SMILES string of the molecule is CCCC1C(C)C1/C=C\CC1CC1C. The molecule has 0 N–H and O–H groups in total. The largest absolute Gasteiger partial charge is 0.0880 e. The first-order valence-electron chi connectivity index (χ1n) is 6.40. The number of allylic oxidation sites excluding steroid dienone is 2. The third-order valence-corrected chi connectivity index (χ3v) is 4.33. The third kappa shape index (κ3) is 2.21. The normalized spacial score (nSPS) is 45.8. The molecule has 2 rings (SSSR count). The summed E-state index contributed by atoms with van der Waals surface area (Å²) >= 11 is 0. The van der Waals surface area contributed by atoms with Gasteiger partial charge in [-0.2, -0.15) is 0 Å². The molecule has 0 bridgehead atoms. The van der Waals surface area contributed by atoms with Gasteiger partial charge in [0.25, 0.3) is 0 Å². The lowest BCUT2D eigenvalue weighted by atomic mass is 10.1. The Morgan fingerprint density at radius 3 is 2.57 bits per heavy atom. The van der Waals surface area contributed by atoms with Crippen LogP contribution in [0.1, 0.15) is 46.5 Å². The molecule has 0 amide bonds. The Bertz CT molecular complexity index is 216. The van der Waals surface area contributed by atoms with E-state index in [1.54, 1.807) is 0 Å². The van der Waals surface area contributed by atoms with Crippen molar-refractivity contribution in [2.75, 3.05) is 0 Å². The maximum Gasteiger partial charge on any atom is -0.0174 e. The van der Waals surface area contributed by atoms with Crippen LogP contribution in [0.3, 0.4) is 0 Å². The molecule has 2 aliphatic carbocycles. The topological polar surface area (TPSA) is 0 Å². The first-order valence-corrected chi connectivity index (χ1v) is 6.40. The molecule has 0 radical (unpaired) electrons. The van der Waals surface area contributed by atoms with E-state index in [2.05, 4.69) is 32.9 Å². The van der Waals surface area contributed by atoms with Crippen LogP contribution in [0.5, 0.6) is 0 Å². The van der Waals surface area contributed by atoms with Crippen LogP contribution in [-0.2, 0) is 0 Å². The lowest BCUT2D eigenvalue weighted by Gasteiger charge is -1.91. The summed E-state index contributed by atoms with van der Waals surface area (Å²) in [4.78, 5) is 0. The average Bonchev–Trinajstić information content (AvgIpc) is 3.00. The van der Waals surface area contributed by atoms with Crippen molar-refractivity contribution in [3.8, 4) is 0 Å². The quantitative estimate of drug-likeness (QED) is 0.571. The molecule has 5 atom stereocenters. The Morgan fingerprint density at radius 1 is 1.29 bits per heavy atom. The van der Waals surface area contributed by atoms with E-state index in [1.165, 1.54) is 25.7 Å². The molecule has 2 aliphatic rings. The predicted molar refractivity (Wildman–Crippen MR) is 62.1 cm³/mol. The molecule has 0 aromatic carbocycles. The molecule has 0 aromatic heterocycles. The van der Waals surface area contributed by atoms with Crippen molar-refractivity contribution >= 4 is 0 Å². The molecule has 0 aromatic rings. The minimum Gasteiger partial charge on any atom is -0.0880 e. The predicted octanol–water partition coefficient (Wildman–Crippen LogP) is 4.27. The summed E-state index contributed by atoms with van der Waals surface area (Å²) in [6.07, 6.45) is 10.6. The van der Waals surface area contributed by atoms with E-state index in [4.69, 9.17) is 0 Å². The molecule has 0 aliphatic heterocycles. The number of hydrogen-bond donors (Lipinski definition) is 0. The van der Waals surface area contributed by atoms with Gasteiger partial charge in [-0.1, -0.05) is 39.3 Å². The van der Waals surface area contributed by atoms with Crippen molar-refractivity contribution < 1.29 is 0 Å². The zero-order valence-electron chi connectivity index (χ0n) is 9.87. The van der Waals surface area contributed by atoms with Gasteiger partial charge in [-0.3, -0.25) is 0 Å². The molecule has 0 heterocycles. The average molecular weight is 192 g/mol. The van der Waals surface area contributed by atoms with Gasteiger partial charge in [-0.25, -0.2) is 0 Å². The van der Waals surface area contributed by atoms with Crippen LogP contribution in [0, 0.1) is 29.6 Å². The Balaban J connectivity index is 1.66. The Kier molecular flexibility index (Phi) is 2.99. The summed E-state index contributed by atoms with van der Waals surface area (Å²) in [7, 11) is 0. The van der Waals surface area contributed by atoms with Crippen LogP contribution in [-0.4, -0.2) is 0 Å². The first-order chi connectivity index (χ1) is 6.74. The maximum absolute atomic E-state index is 2.51. The Hall–Kier alpha value is -0.260. The second kappa shape index (κ2) is 4.08. The lowest BCUT2D eigenvalue weighted by Crippen LogP contribution is -1.79. The first kappa shape index (κ1) is 10.3. The molecule has 0 saturated heterocycles. The molecule has 5 unspecified atom stereocenters. The summed E-state index contributed by atoms with van der Waals surface area (Å²) in [6, 6.07) is 0. The van der Waals surface area contributed by atoms with E-state index >= 15 is 0 Å². The molecule has 80 valence electrons. The lowest BCUT2D eigenvalue weighted by molar-refractivity contribution is 0.650. The zero-order valence-corrected chi connectivity index (χ0v) is 9.87. The van der Waals surface area contributed by atoms with Crippen molar-refractivity contribution in [1.82, 2.24) is 0 Å². The Morgan fingerprint density at radius 2 is 2.00 bits per heavy atom. The van der Waals surface area contributed by atoms with Gasteiger partial charge < -0.3 is 0 Å². The fourth-order valence-electron chi connectivity index (χ4n) is 2.82. The highest BCUT2D eigenvalue weighted by atomic mass is 14.5. The van der Waals surface area contributed by atoms with E-state index in [9.17, 15) is 0 Å². The number of hydrogen-bond acceptors (Lipinski definition) is 0. The monoisotopic (exact) mass is 192 g/mol. The standard InChI is InChI=1S/C14H24/c1-4-6-13-11(3)14(13)8-5-7-12-9-10(12)2/h5,8,10-14H,4,6-7,9H2,1-3H3/b8-5-. The van der Waals surface area contributed by atoms with Crippen LogP contribution in [0.25, 0.3) is 0 Å². The zero-order chi connectivity index (χ0) is 10.1.